The molecular formula is C21H10F10. The predicted molar refractivity (Wildman–Crippen MR) is 89.2 cm³/mol. The molecule has 0 heterocycles. The number of halogens is 10. The lowest BCUT2D eigenvalue weighted by atomic mass is 9.86. The monoisotopic (exact) mass is 452 g/mol. The molecule has 0 aliphatic heterocycles. The van der Waals surface area contributed by atoms with Gasteiger partial charge in [0.1, 0.15) is 0 Å². The summed E-state index contributed by atoms with van der Waals surface area (Å²) in [5, 5.41) is 0. The molecule has 31 heavy (non-hydrogen) atoms. The molecule has 0 nitrogen and oxygen atoms in total. The molecule has 2 aliphatic rings. The second kappa shape index (κ2) is 7.42. The van der Waals surface area contributed by atoms with Crippen LogP contribution in [0.4, 0.5) is 43.9 Å². The lowest BCUT2D eigenvalue weighted by Gasteiger charge is -2.19. The number of benzene rings is 2. The van der Waals surface area contributed by atoms with Crippen LogP contribution in [0.2, 0.25) is 0 Å². The second-order valence-corrected chi connectivity index (χ2v) is 7.37. The summed E-state index contributed by atoms with van der Waals surface area (Å²) in [6, 6.07) is 0. The van der Waals surface area contributed by atoms with Gasteiger partial charge < -0.3 is 0 Å². The third-order valence-corrected chi connectivity index (χ3v) is 5.73. The van der Waals surface area contributed by atoms with E-state index >= 15 is 0 Å². The van der Waals surface area contributed by atoms with Gasteiger partial charge in [-0.2, -0.15) is 0 Å². The van der Waals surface area contributed by atoms with Crippen LogP contribution in [0, 0.1) is 70.0 Å². The van der Waals surface area contributed by atoms with Gasteiger partial charge in [0, 0.05) is 0 Å². The van der Waals surface area contributed by atoms with Crippen molar-refractivity contribution < 1.29 is 43.9 Å². The zero-order chi connectivity index (χ0) is 22.8. The van der Waals surface area contributed by atoms with Crippen LogP contribution >= 0.6 is 0 Å². The van der Waals surface area contributed by atoms with Crippen LogP contribution in [-0.2, 0) is 0 Å². The van der Waals surface area contributed by atoms with Crippen LogP contribution in [0.3, 0.4) is 0 Å². The van der Waals surface area contributed by atoms with Crippen molar-refractivity contribution in [1.82, 2.24) is 0 Å². The number of fused-ring (bicyclic) bond motifs is 2. The van der Waals surface area contributed by atoms with Gasteiger partial charge in [0.05, 0.1) is 11.1 Å². The summed E-state index contributed by atoms with van der Waals surface area (Å²) < 4.78 is 137. The van der Waals surface area contributed by atoms with Gasteiger partial charge in [-0.1, -0.05) is 0 Å². The first-order chi connectivity index (χ1) is 14.5. The van der Waals surface area contributed by atoms with Crippen molar-refractivity contribution in [2.45, 2.75) is 19.3 Å². The summed E-state index contributed by atoms with van der Waals surface area (Å²) in [4.78, 5) is 0. The fourth-order valence-electron chi connectivity index (χ4n) is 4.23. The molecule has 0 amide bonds. The van der Waals surface area contributed by atoms with E-state index in [4.69, 9.17) is 0 Å². The van der Waals surface area contributed by atoms with E-state index < -0.39 is 81.1 Å². The first-order valence-corrected chi connectivity index (χ1v) is 9.00. The highest BCUT2D eigenvalue weighted by molar-refractivity contribution is 5.70. The van der Waals surface area contributed by atoms with Gasteiger partial charge >= 0.3 is 0 Å². The Hall–Kier alpha value is -2.78. The van der Waals surface area contributed by atoms with Crippen molar-refractivity contribution in [1.29, 1.82) is 0 Å². The van der Waals surface area contributed by atoms with E-state index in [0.717, 1.165) is 0 Å². The van der Waals surface area contributed by atoms with Gasteiger partial charge in [0.15, 0.2) is 46.5 Å². The minimum absolute atomic E-state index is 0.0170. The van der Waals surface area contributed by atoms with E-state index in [1.807, 2.05) is 0 Å². The lowest BCUT2D eigenvalue weighted by molar-refractivity contribution is 0.376. The highest BCUT2D eigenvalue weighted by Crippen LogP contribution is 2.53. The minimum Gasteiger partial charge on any atom is -0.203 e. The van der Waals surface area contributed by atoms with E-state index in [1.54, 1.807) is 0 Å². The lowest BCUT2D eigenvalue weighted by Crippen LogP contribution is -2.08. The third-order valence-electron chi connectivity index (χ3n) is 5.73. The normalized spacial score (nSPS) is 22.9. The summed E-state index contributed by atoms with van der Waals surface area (Å²) >= 11 is 0. The fraction of sp³-hybridized carbons (Fsp3) is 0.238. The molecule has 164 valence electrons. The van der Waals surface area contributed by atoms with Crippen LogP contribution in [0.1, 0.15) is 30.4 Å². The molecule has 0 aromatic heterocycles. The van der Waals surface area contributed by atoms with Crippen molar-refractivity contribution in [2.24, 2.45) is 11.8 Å². The van der Waals surface area contributed by atoms with Gasteiger partial charge in [0.25, 0.3) is 0 Å². The third kappa shape index (κ3) is 3.14. The summed E-state index contributed by atoms with van der Waals surface area (Å²) in [6.45, 7) is 0. The summed E-state index contributed by atoms with van der Waals surface area (Å²) in [7, 11) is 0. The molecule has 10 heteroatoms. The Kier molecular flexibility index (Phi) is 5.13. The molecule has 2 bridgehead atoms. The van der Waals surface area contributed by atoms with Crippen LogP contribution in [0.15, 0.2) is 11.1 Å². The van der Waals surface area contributed by atoms with Gasteiger partial charge in [-0.25, -0.2) is 43.9 Å². The molecule has 2 atom stereocenters. The van der Waals surface area contributed by atoms with Crippen LogP contribution in [-0.4, -0.2) is 0 Å². The van der Waals surface area contributed by atoms with E-state index in [-0.39, 0.29) is 11.1 Å². The molecule has 0 spiro atoms. The predicted octanol–water partition coefficient (Wildman–Crippen LogP) is 6.97. The van der Waals surface area contributed by atoms with Crippen LogP contribution in [0.25, 0.3) is 12.2 Å². The smallest absolute Gasteiger partial charge is 0.200 e. The maximum absolute atomic E-state index is 14.1. The molecule has 2 unspecified atom stereocenters. The van der Waals surface area contributed by atoms with E-state index in [2.05, 4.69) is 0 Å². The van der Waals surface area contributed by atoms with Crippen molar-refractivity contribution in [2.75, 3.05) is 0 Å². The SMILES string of the molecule is Fc1c(F)c(F)c(/C=C2/C(=C/c3c(F)c(F)c(F)c(F)c3F)C3CCC2C3)c(F)c1F. The molecule has 2 saturated carbocycles. The molecule has 0 N–H and O–H groups in total. The first-order valence-electron chi connectivity index (χ1n) is 9.00. The Balaban J connectivity index is 1.92. The molecule has 2 aromatic rings. The standard InChI is InChI=1S/C21H10F10/c22-12-10(13(23)17(27)20(30)16(12)26)4-8-6-1-2-7(3-6)9(8)5-11-14(24)18(28)21(31)19(29)15(11)25/h4-7H,1-3H2/b8-4+,9-5+. The maximum atomic E-state index is 14.1. The minimum atomic E-state index is -2.35. The van der Waals surface area contributed by atoms with Gasteiger partial charge in [0.2, 0.25) is 11.6 Å². The molecule has 2 aliphatic carbocycles. The van der Waals surface area contributed by atoms with Crippen molar-refractivity contribution in [3.05, 3.63) is 80.4 Å². The van der Waals surface area contributed by atoms with Gasteiger partial charge in [-0.15, -0.1) is 0 Å². The molecule has 4 rings (SSSR count). The Bertz CT molecular complexity index is 1030. The average Bonchev–Trinajstić information content (AvgIpc) is 3.36. The number of rotatable bonds is 2. The average molecular weight is 452 g/mol. The van der Waals surface area contributed by atoms with Crippen LogP contribution < -0.4 is 0 Å². The van der Waals surface area contributed by atoms with Crippen molar-refractivity contribution >= 4 is 12.2 Å². The highest BCUT2D eigenvalue weighted by Gasteiger charge is 2.41. The van der Waals surface area contributed by atoms with E-state index in [9.17, 15) is 43.9 Å². The Morgan fingerprint density at radius 2 is 0.677 bits per heavy atom. The van der Waals surface area contributed by atoms with Gasteiger partial charge in [-0.3, -0.25) is 0 Å². The topological polar surface area (TPSA) is 0 Å². The first kappa shape index (κ1) is 21.5. The van der Waals surface area contributed by atoms with E-state index in [1.165, 1.54) is 0 Å². The summed E-state index contributed by atoms with van der Waals surface area (Å²) in [6.07, 6.45) is 2.61. The Morgan fingerprint density at radius 1 is 0.419 bits per heavy atom. The molecule has 0 radical (unpaired) electrons. The van der Waals surface area contributed by atoms with E-state index in [0.29, 0.717) is 31.4 Å². The Morgan fingerprint density at radius 3 is 0.968 bits per heavy atom. The van der Waals surface area contributed by atoms with Crippen molar-refractivity contribution in [3.8, 4) is 0 Å². The number of hydrogen-bond acceptors (Lipinski definition) is 0. The largest absolute Gasteiger partial charge is 0.203 e. The summed E-state index contributed by atoms with van der Waals surface area (Å²) in [5.41, 5.74) is -2.46. The summed E-state index contributed by atoms with van der Waals surface area (Å²) in [5.74, 6) is -22.6. The maximum Gasteiger partial charge on any atom is 0.200 e. The second-order valence-electron chi connectivity index (χ2n) is 7.37. The molecular weight excluding hydrogens is 442 g/mol. The molecule has 2 aromatic carbocycles. The highest BCUT2D eigenvalue weighted by atomic mass is 19.2. The van der Waals surface area contributed by atoms with Gasteiger partial charge in [-0.05, 0) is 54.4 Å². The van der Waals surface area contributed by atoms with Crippen molar-refractivity contribution in [3.63, 3.8) is 0 Å². The Labute approximate surface area is 168 Å². The quantitative estimate of drug-likeness (QED) is 0.262. The fourth-order valence-corrected chi connectivity index (χ4v) is 4.23. The zero-order valence-electron chi connectivity index (χ0n) is 15.2. The number of hydrogen-bond donors (Lipinski definition) is 0. The molecule has 0 saturated heterocycles. The van der Waals surface area contributed by atoms with Crippen LogP contribution in [0.5, 0.6) is 0 Å². The number of allylic oxidation sites excluding steroid dienone is 2. The zero-order valence-corrected chi connectivity index (χ0v) is 15.2. The molecule has 2 fully saturated rings.